The number of hydrogen-bond acceptors (Lipinski definition) is 5. The van der Waals surface area contributed by atoms with E-state index in [-0.39, 0.29) is 5.97 Å². The van der Waals surface area contributed by atoms with Gasteiger partial charge in [0, 0.05) is 4.90 Å². The predicted octanol–water partition coefficient (Wildman–Crippen LogP) is 1.87. The first kappa shape index (κ1) is 11.9. The first-order valence-electron chi connectivity index (χ1n) is 4.55. The summed E-state index contributed by atoms with van der Waals surface area (Å²) >= 11 is 1.52. The van der Waals surface area contributed by atoms with Crippen molar-refractivity contribution in [2.24, 2.45) is 5.84 Å². The van der Waals surface area contributed by atoms with Crippen molar-refractivity contribution < 1.29 is 9.53 Å². The molecule has 82 valence electrons. The minimum atomic E-state index is -0.360. The molecule has 0 bridgehead atoms. The molecule has 0 aliphatic heterocycles. The van der Waals surface area contributed by atoms with Gasteiger partial charge in [-0.15, -0.1) is 11.8 Å². The van der Waals surface area contributed by atoms with E-state index in [2.05, 4.69) is 5.43 Å². The Morgan fingerprint density at radius 2 is 2.33 bits per heavy atom. The molecular formula is C10H14N2O2S. The Morgan fingerprint density at radius 3 is 2.87 bits per heavy atom. The lowest BCUT2D eigenvalue weighted by Gasteiger charge is -2.11. The van der Waals surface area contributed by atoms with E-state index in [1.165, 1.54) is 11.8 Å². The second-order valence-electron chi connectivity index (χ2n) is 2.75. The van der Waals surface area contributed by atoms with Crippen LogP contribution in [0.1, 0.15) is 17.3 Å². The third-order valence-corrected chi connectivity index (χ3v) is 2.67. The lowest BCUT2D eigenvalue weighted by Crippen LogP contribution is -2.14. The highest BCUT2D eigenvalue weighted by Gasteiger charge is 2.14. The van der Waals surface area contributed by atoms with Gasteiger partial charge in [0.15, 0.2) is 0 Å². The van der Waals surface area contributed by atoms with Crippen LogP contribution in [-0.2, 0) is 4.74 Å². The smallest absolute Gasteiger partial charge is 0.340 e. The SMILES string of the molecule is CCOC(=O)c1cccc(SC)c1NN. The number of thioether (sulfide) groups is 1. The average molecular weight is 226 g/mol. The lowest BCUT2D eigenvalue weighted by molar-refractivity contribution is 0.0527. The number of nitrogens with two attached hydrogens (primary N) is 1. The molecule has 1 aromatic carbocycles. The summed E-state index contributed by atoms with van der Waals surface area (Å²) in [5, 5.41) is 0. The second-order valence-corrected chi connectivity index (χ2v) is 3.60. The fraction of sp³-hybridized carbons (Fsp3) is 0.300. The van der Waals surface area contributed by atoms with Crippen LogP contribution in [0, 0.1) is 0 Å². The molecule has 1 rings (SSSR count). The first-order chi connectivity index (χ1) is 7.24. The zero-order chi connectivity index (χ0) is 11.3. The van der Waals surface area contributed by atoms with Crippen LogP contribution in [-0.4, -0.2) is 18.8 Å². The Morgan fingerprint density at radius 1 is 1.60 bits per heavy atom. The van der Waals surface area contributed by atoms with Crippen LogP contribution in [0.2, 0.25) is 0 Å². The number of carbonyl (C=O) groups is 1. The fourth-order valence-corrected chi connectivity index (χ4v) is 1.82. The van der Waals surface area contributed by atoms with Gasteiger partial charge in [0.2, 0.25) is 0 Å². The van der Waals surface area contributed by atoms with Crippen molar-refractivity contribution in [2.45, 2.75) is 11.8 Å². The van der Waals surface area contributed by atoms with E-state index in [9.17, 15) is 4.79 Å². The standard InChI is InChI=1S/C10H14N2O2S/c1-3-14-10(13)7-5-4-6-8(15-2)9(7)12-11/h4-6,12H,3,11H2,1-2H3. The van der Waals surface area contributed by atoms with Gasteiger partial charge in [-0.3, -0.25) is 5.84 Å². The lowest BCUT2D eigenvalue weighted by atomic mass is 10.2. The fourth-order valence-electron chi connectivity index (χ4n) is 1.23. The van der Waals surface area contributed by atoms with Gasteiger partial charge in [-0.2, -0.15) is 0 Å². The van der Waals surface area contributed by atoms with Crippen LogP contribution in [0.3, 0.4) is 0 Å². The van der Waals surface area contributed by atoms with E-state index in [0.29, 0.717) is 17.9 Å². The molecule has 0 aliphatic carbocycles. The third kappa shape index (κ3) is 2.64. The zero-order valence-corrected chi connectivity index (χ0v) is 9.56. The van der Waals surface area contributed by atoms with Crippen LogP contribution in [0.25, 0.3) is 0 Å². The highest BCUT2D eigenvalue weighted by molar-refractivity contribution is 7.98. The number of rotatable bonds is 4. The quantitative estimate of drug-likeness (QED) is 0.355. The van der Waals surface area contributed by atoms with E-state index < -0.39 is 0 Å². The Labute approximate surface area is 93.1 Å². The van der Waals surface area contributed by atoms with E-state index >= 15 is 0 Å². The summed E-state index contributed by atoms with van der Waals surface area (Å²) in [5.41, 5.74) is 3.61. The monoisotopic (exact) mass is 226 g/mol. The summed E-state index contributed by atoms with van der Waals surface area (Å²) in [4.78, 5) is 12.5. The highest BCUT2D eigenvalue weighted by atomic mass is 32.2. The molecular weight excluding hydrogens is 212 g/mol. The van der Waals surface area contributed by atoms with Crippen molar-refractivity contribution in [3.8, 4) is 0 Å². The summed E-state index contributed by atoms with van der Waals surface area (Å²) in [7, 11) is 0. The highest BCUT2D eigenvalue weighted by Crippen LogP contribution is 2.28. The van der Waals surface area contributed by atoms with Crippen molar-refractivity contribution >= 4 is 23.4 Å². The molecule has 5 heteroatoms. The molecule has 0 unspecified atom stereocenters. The number of esters is 1. The number of nitrogens with one attached hydrogen (secondary N) is 1. The molecule has 0 radical (unpaired) electrons. The summed E-state index contributed by atoms with van der Waals surface area (Å²) in [6.45, 7) is 2.12. The van der Waals surface area contributed by atoms with Crippen LogP contribution < -0.4 is 11.3 Å². The van der Waals surface area contributed by atoms with Gasteiger partial charge in [-0.25, -0.2) is 4.79 Å². The average Bonchev–Trinajstić information content (AvgIpc) is 2.28. The molecule has 1 aromatic rings. The van der Waals surface area contributed by atoms with Gasteiger partial charge in [0.1, 0.15) is 0 Å². The first-order valence-corrected chi connectivity index (χ1v) is 5.77. The normalized spacial score (nSPS) is 9.80. The van der Waals surface area contributed by atoms with Gasteiger partial charge >= 0.3 is 5.97 Å². The largest absolute Gasteiger partial charge is 0.462 e. The Hall–Kier alpha value is -1.20. The molecule has 4 nitrogen and oxygen atoms in total. The second kappa shape index (κ2) is 5.63. The van der Waals surface area contributed by atoms with Gasteiger partial charge < -0.3 is 10.2 Å². The molecule has 0 spiro atoms. The molecule has 0 heterocycles. The molecule has 0 atom stereocenters. The number of benzene rings is 1. The maximum Gasteiger partial charge on any atom is 0.340 e. The number of para-hydroxylation sites is 1. The Balaban J connectivity index is 3.11. The van der Waals surface area contributed by atoms with E-state index in [1.807, 2.05) is 12.3 Å². The number of nitrogen functional groups attached to an aromatic ring is 1. The van der Waals surface area contributed by atoms with Crippen molar-refractivity contribution in [3.05, 3.63) is 23.8 Å². The van der Waals surface area contributed by atoms with Crippen LogP contribution in [0.5, 0.6) is 0 Å². The molecule has 15 heavy (non-hydrogen) atoms. The number of hydrogen-bond donors (Lipinski definition) is 2. The van der Waals surface area contributed by atoms with Crippen LogP contribution >= 0.6 is 11.8 Å². The van der Waals surface area contributed by atoms with E-state index in [4.69, 9.17) is 10.6 Å². The molecule has 0 amide bonds. The van der Waals surface area contributed by atoms with E-state index in [1.54, 1.807) is 19.1 Å². The topological polar surface area (TPSA) is 64.3 Å². The predicted molar refractivity (Wildman–Crippen MR) is 62.0 cm³/mol. The number of ether oxygens (including phenoxy) is 1. The van der Waals surface area contributed by atoms with Crippen molar-refractivity contribution in [1.82, 2.24) is 0 Å². The molecule has 0 aromatic heterocycles. The number of anilines is 1. The summed E-state index contributed by atoms with van der Waals surface area (Å²) < 4.78 is 4.93. The molecule has 0 saturated carbocycles. The van der Waals surface area contributed by atoms with E-state index in [0.717, 1.165) is 4.90 Å². The maximum atomic E-state index is 11.6. The van der Waals surface area contributed by atoms with Gasteiger partial charge in [0.25, 0.3) is 0 Å². The molecule has 0 saturated heterocycles. The Bertz CT molecular complexity index is 355. The van der Waals surface area contributed by atoms with Crippen molar-refractivity contribution in [2.75, 3.05) is 18.3 Å². The maximum absolute atomic E-state index is 11.6. The van der Waals surface area contributed by atoms with Gasteiger partial charge in [0.05, 0.1) is 17.9 Å². The van der Waals surface area contributed by atoms with Crippen LogP contribution in [0.15, 0.2) is 23.1 Å². The van der Waals surface area contributed by atoms with Crippen molar-refractivity contribution in [1.29, 1.82) is 0 Å². The molecule has 0 aliphatic rings. The van der Waals surface area contributed by atoms with Gasteiger partial charge in [-0.1, -0.05) is 6.07 Å². The number of carbonyl (C=O) groups excluding carboxylic acids is 1. The molecule has 0 fully saturated rings. The zero-order valence-electron chi connectivity index (χ0n) is 8.74. The summed E-state index contributed by atoms with van der Waals surface area (Å²) in [5.74, 6) is 5.03. The Kier molecular flexibility index (Phi) is 4.45. The van der Waals surface area contributed by atoms with Crippen LogP contribution in [0.4, 0.5) is 5.69 Å². The number of hydrazine groups is 1. The summed E-state index contributed by atoms with van der Waals surface area (Å²) in [6.07, 6.45) is 1.92. The minimum Gasteiger partial charge on any atom is -0.462 e. The molecule has 3 N–H and O–H groups in total. The van der Waals surface area contributed by atoms with Crippen molar-refractivity contribution in [3.63, 3.8) is 0 Å². The van der Waals surface area contributed by atoms with Gasteiger partial charge in [-0.05, 0) is 25.3 Å². The minimum absolute atomic E-state index is 0.354. The summed E-state index contributed by atoms with van der Waals surface area (Å²) in [6, 6.07) is 5.38. The third-order valence-electron chi connectivity index (χ3n) is 1.89.